The molecule has 1 fully saturated rings. The molecule has 6 nitrogen and oxygen atoms in total. The molecule has 1 saturated heterocycles. The van der Waals surface area contributed by atoms with Gasteiger partial charge in [0.05, 0.1) is 12.0 Å². The highest BCUT2D eigenvalue weighted by molar-refractivity contribution is 7.90. The fourth-order valence-corrected chi connectivity index (χ4v) is 5.84. The lowest BCUT2D eigenvalue weighted by atomic mass is 9.94. The average Bonchev–Trinajstić information content (AvgIpc) is 3.14. The molecule has 2 heterocycles. The predicted octanol–water partition coefficient (Wildman–Crippen LogP) is 3.75. The summed E-state index contributed by atoms with van der Waals surface area (Å²) < 4.78 is 29.0. The molecule has 2 aliphatic heterocycles. The first-order chi connectivity index (χ1) is 16.0. The SMILES string of the molecule is O=C(NC(c1ccccc1)c1ccccc1)C1CCCN(C2=NS(=O)(=O)c3ccccc32)C1. The van der Waals surface area contributed by atoms with E-state index in [-0.39, 0.29) is 22.8 Å². The fourth-order valence-electron chi connectivity index (χ4n) is 4.61. The van der Waals surface area contributed by atoms with Crippen LogP contribution in [0, 0.1) is 5.92 Å². The van der Waals surface area contributed by atoms with Gasteiger partial charge in [0.1, 0.15) is 4.90 Å². The molecule has 0 radical (unpaired) electrons. The molecule has 2 aliphatic rings. The van der Waals surface area contributed by atoms with E-state index in [0.717, 1.165) is 24.0 Å². The maximum Gasteiger partial charge on any atom is 0.285 e. The highest BCUT2D eigenvalue weighted by atomic mass is 32.2. The number of nitrogens with one attached hydrogen (secondary N) is 1. The summed E-state index contributed by atoms with van der Waals surface area (Å²) in [6.45, 7) is 1.11. The largest absolute Gasteiger partial charge is 0.355 e. The molecule has 0 aromatic heterocycles. The van der Waals surface area contributed by atoms with Gasteiger partial charge in [-0.1, -0.05) is 72.8 Å². The highest BCUT2D eigenvalue weighted by Crippen LogP contribution is 2.30. The van der Waals surface area contributed by atoms with Crippen LogP contribution in [-0.2, 0) is 14.8 Å². The van der Waals surface area contributed by atoms with Crippen molar-refractivity contribution in [2.24, 2.45) is 10.3 Å². The normalized spacial score (nSPS) is 19.1. The van der Waals surface area contributed by atoms with Gasteiger partial charge in [-0.3, -0.25) is 4.79 Å². The number of amidine groups is 1. The van der Waals surface area contributed by atoms with Gasteiger partial charge in [0, 0.05) is 18.7 Å². The van der Waals surface area contributed by atoms with Crippen LogP contribution in [0.3, 0.4) is 0 Å². The minimum absolute atomic E-state index is 0.0351. The molecular weight excluding hydrogens is 434 g/mol. The van der Waals surface area contributed by atoms with Crippen molar-refractivity contribution in [2.45, 2.75) is 23.8 Å². The van der Waals surface area contributed by atoms with E-state index in [9.17, 15) is 13.2 Å². The Morgan fingerprint density at radius 1 is 0.909 bits per heavy atom. The van der Waals surface area contributed by atoms with Gasteiger partial charge in [-0.25, -0.2) is 0 Å². The first-order valence-corrected chi connectivity index (χ1v) is 12.6. The molecule has 33 heavy (non-hydrogen) atoms. The maximum atomic E-state index is 13.4. The van der Waals surface area contributed by atoms with Crippen LogP contribution in [0.25, 0.3) is 0 Å². The third-order valence-electron chi connectivity index (χ3n) is 6.26. The van der Waals surface area contributed by atoms with Crippen molar-refractivity contribution in [3.63, 3.8) is 0 Å². The number of likely N-dealkylation sites (tertiary alicyclic amines) is 1. The number of sulfonamides is 1. The first kappa shape index (κ1) is 21.4. The molecule has 0 bridgehead atoms. The number of amides is 1. The number of rotatable bonds is 4. The lowest BCUT2D eigenvalue weighted by Gasteiger charge is -2.34. The molecule has 0 saturated carbocycles. The summed E-state index contributed by atoms with van der Waals surface area (Å²) in [7, 11) is -3.69. The second kappa shape index (κ2) is 8.83. The Balaban J connectivity index is 1.37. The molecule has 5 rings (SSSR count). The predicted molar refractivity (Wildman–Crippen MR) is 127 cm³/mol. The highest BCUT2D eigenvalue weighted by Gasteiger charge is 2.35. The van der Waals surface area contributed by atoms with E-state index in [0.29, 0.717) is 24.5 Å². The molecule has 1 N–H and O–H groups in total. The summed E-state index contributed by atoms with van der Waals surface area (Å²) in [5.74, 6) is 0.157. The zero-order valence-corrected chi connectivity index (χ0v) is 18.9. The first-order valence-electron chi connectivity index (χ1n) is 11.1. The zero-order valence-electron chi connectivity index (χ0n) is 18.1. The van der Waals surface area contributed by atoms with Crippen LogP contribution < -0.4 is 5.32 Å². The second-order valence-electron chi connectivity index (χ2n) is 8.43. The van der Waals surface area contributed by atoms with Gasteiger partial charge in [-0.05, 0) is 36.1 Å². The Kier molecular flexibility index (Phi) is 5.72. The summed E-state index contributed by atoms with van der Waals surface area (Å²) in [6.07, 6.45) is 1.54. The number of hydrogen-bond acceptors (Lipinski definition) is 4. The fraction of sp³-hybridized carbons (Fsp3) is 0.231. The number of carbonyl (C=O) groups excluding carboxylic acids is 1. The van der Waals surface area contributed by atoms with Gasteiger partial charge in [-0.15, -0.1) is 4.40 Å². The molecule has 3 aromatic carbocycles. The molecule has 7 heteroatoms. The van der Waals surface area contributed by atoms with Crippen molar-refractivity contribution in [2.75, 3.05) is 13.1 Å². The summed E-state index contributed by atoms with van der Waals surface area (Å²) >= 11 is 0. The summed E-state index contributed by atoms with van der Waals surface area (Å²) in [6, 6.07) is 26.5. The lowest BCUT2D eigenvalue weighted by Crippen LogP contribution is -2.46. The second-order valence-corrected chi connectivity index (χ2v) is 10.0. The standard InChI is InChI=1S/C26H25N3O3S/c30-26(27-24(19-10-3-1-4-11-19)20-12-5-2-6-13-20)21-14-9-17-29(18-21)25-22-15-7-8-16-23(22)33(31,32)28-25/h1-8,10-13,15-16,21,24H,9,14,17-18H2,(H,27,30). The van der Waals surface area contributed by atoms with Gasteiger partial charge < -0.3 is 10.2 Å². The molecule has 0 spiro atoms. The number of fused-ring (bicyclic) bond motifs is 1. The van der Waals surface area contributed by atoms with Crippen LogP contribution in [0.15, 0.2) is 94.2 Å². The van der Waals surface area contributed by atoms with E-state index >= 15 is 0 Å². The van der Waals surface area contributed by atoms with Gasteiger partial charge in [0.2, 0.25) is 5.91 Å². The van der Waals surface area contributed by atoms with Crippen LogP contribution in [0.4, 0.5) is 0 Å². The van der Waals surface area contributed by atoms with Crippen molar-refractivity contribution < 1.29 is 13.2 Å². The van der Waals surface area contributed by atoms with E-state index in [2.05, 4.69) is 9.71 Å². The van der Waals surface area contributed by atoms with Crippen LogP contribution in [0.2, 0.25) is 0 Å². The number of hydrogen-bond donors (Lipinski definition) is 1. The van der Waals surface area contributed by atoms with Crippen LogP contribution in [0.5, 0.6) is 0 Å². The van der Waals surface area contributed by atoms with Crippen molar-refractivity contribution in [1.29, 1.82) is 0 Å². The van der Waals surface area contributed by atoms with Crippen molar-refractivity contribution in [3.05, 3.63) is 102 Å². The quantitative estimate of drug-likeness (QED) is 0.645. The van der Waals surface area contributed by atoms with Crippen molar-refractivity contribution in [3.8, 4) is 0 Å². The Bertz CT molecular complexity index is 1250. The van der Waals surface area contributed by atoms with E-state index in [4.69, 9.17) is 0 Å². The summed E-state index contributed by atoms with van der Waals surface area (Å²) in [4.78, 5) is 15.6. The average molecular weight is 460 g/mol. The monoisotopic (exact) mass is 459 g/mol. The molecular formula is C26H25N3O3S. The van der Waals surface area contributed by atoms with Gasteiger partial charge >= 0.3 is 0 Å². The van der Waals surface area contributed by atoms with E-state index < -0.39 is 10.0 Å². The van der Waals surface area contributed by atoms with Crippen LogP contribution in [-0.4, -0.2) is 38.2 Å². The summed E-state index contributed by atoms with van der Waals surface area (Å²) in [5, 5.41) is 3.24. The van der Waals surface area contributed by atoms with Gasteiger partial charge in [0.25, 0.3) is 10.0 Å². The third-order valence-corrected chi connectivity index (χ3v) is 7.58. The third kappa shape index (κ3) is 4.28. The smallest absolute Gasteiger partial charge is 0.285 e. The molecule has 3 aromatic rings. The number of benzene rings is 3. The van der Waals surface area contributed by atoms with Crippen molar-refractivity contribution in [1.82, 2.24) is 10.2 Å². The van der Waals surface area contributed by atoms with E-state index in [1.807, 2.05) is 71.6 Å². The molecule has 1 atom stereocenters. The van der Waals surface area contributed by atoms with E-state index in [1.165, 1.54) is 0 Å². The Hall–Kier alpha value is -3.45. The minimum Gasteiger partial charge on any atom is -0.355 e. The van der Waals surface area contributed by atoms with Crippen LogP contribution in [0.1, 0.15) is 35.6 Å². The van der Waals surface area contributed by atoms with Gasteiger partial charge in [-0.2, -0.15) is 8.42 Å². The Morgan fingerprint density at radius 2 is 1.52 bits per heavy atom. The topological polar surface area (TPSA) is 78.8 Å². The van der Waals surface area contributed by atoms with Gasteiger partial charge in [0.15, 0.2) is 5.84 Å². The summed E-state index contributed by atoms with van der Waals surface area (Å²) in [5.41, 5.74) is 2.65. The molecule has 168 valence electrons. The Morgan fingerprint density at radius 3 is 2.18 bits per heavy atom. The Labute approximate surface area is 194 Å². The van der Waals surface area contributed by atoms with E-state index in [1.54, 1.807) is 18.2 Å². The molecule has 1 unspecified atom stereocenters. The lowest BCUT2D eigenvalue weighted by molar-refractivity contribution is -0.126. The maximum absolute atomic E-state index is 13.4. The minimum atomic E-state index is -3.69. The number of carbonyl (C=O) groups is 1. The molecule has 1 amide bonds. The van der Waals surface area contributed by atoms with Crippen molar-refractivity contribution >= 4 is 21.8 Å². The molecule has 0 aliphatic carbocycles. The number of nitrogens with zero attached hydrogens (tertiary/aromatic N) is 2. The number of piperidine rings is 1. The van der Waals surface area contributed by atoms with Crippen LogP contribution >= 0.6 is 0 Å². The zero-order chi connectivity index (χ0) is 22.8.